The number of ether oxygens (including phenoxy) is 2. The van der Waals surface area contributed by atoms with E-state index in [9.17, 15) is 0 Å². The minimum absolute atomic E-state index is 0.297. The summed E-state index contributed by atoms with van der Waals surface area (Å²) in [5.74, 6) is 0.929. The van der Waals surface area contributed by atoms with Gasteiger partial charge in [-0.15, -0.1) is 0 Å². The first-order chi connectivity index (χ1) is 13.3. The molecule has 1 unspecified atom stereocenters. The lowest BCUT2D eigenvalue weighted by Gasteiger charge is -2.34. The average Bonchev–Trinajstić information content (AvgIpc) is 3.21. The molecule has 7 nitrogen and oxygen atoms in total. The van der Waals surface area contributed by atoms with Crippen molar-refractivity contribution in [1.29, 1.82) is 0 Å². The van der Waals surface area contributed by atoms with E-state index in [1.165, 1.54) is 52.1 Å². The fourth-order valence-electron chi connectivity index (χ4n) is 3.49. The normalized spacial score (nSPS) is 22.3. The van der Waals surface area contributed by atoms with Crippen molar-refractivity contribution < 1.29 is 9.47 Å². The van der Waals surface area contributed by atoms with Crippen LogP contribution in [0.4, 0.5) is 0 Å². The van der Waals surface area contributed by atoms with Gasteiger partial charge in [0.25, 0.3) is 0 Å². The Kier molecular flexibility index (Phi) is 11.7. The zero-order chi connectivity index (χ0) is 19.2. The highest BCUT2D eigenvalue weighted by Gasteiger charge is 2.15. The molecule has 7 heteroatoms. The second kappa shape index (κ2) is 14.2. The molecule has 0 aliphatic carbocycles. The summed E-state index contributed by atoms with van der Waals surface area (Å²) in [5.41, 5.74) is 0. The Morgan fingerprint density at radius 2 is 1.89 bits per heavy atom. The molecule has 0 aromatic rings. The highest BCUT2D eigenvalue weighted by molar-refractivity contribution is 5.79. The number of nitrogens with one attached hydrogen (secondary N) is 2. The molecule has 27 heavy (non-hydrogen) atoms. The SMILES string of the molecule is CCNC(=NCCCOC1CCOC1)NCCCCN1CCN(CC)CC1. The lowest BCUT2D eigenvalue weighted by atomic mass is 10.2. The molecule has 2 N–H and O–H groups in total. The molecular formula is C20H41N5O2. The first kappa shape index (κ1) is 22.4. The number of guanidine groups is 1. The van der Waals surface area contributed by atoms with Crippen LogP contribution in [0.25, 0.3) is 0 Å². The van der Waals surface area contributed by atoms with Crippen LogP contribution in [0.5, 0.6) is 0 Å². The Morgan fingerprint density at radius 3 is 2.59 bits per heavy atom. The lowest BCUT2D eigenvalue weighted by Crippen LogP contribution is -2.46. The van der Waals surface area contributed by atoms with Crippen LogP contribution in [0, 0.1) is 0 Å². The van der Waals surface area contributed by atoms with Gasteiger partial charge in [0.1, 0.15) is 0 Å². The predicted molar refractivity (Wildman–Crippen MR) is 112 cm³/mol. The molecule has 1 atom stereocenters. The van der Waals surface area contributed by atoms with Crippen molar-refractivity contribution >= 4 is 5.96 Å². The van der Waals surface area contributed by atoms with E-state index in [1.807, 2.05) is 0 Å². The zero-order valence-corrected chi connectivity index (χ0v) is 17.5. The molecule has 0 radical (unpaired) electrons. The number of rotatable bonds is 12. The van der Waals surface area contributed by atoms with Gasteiger partial charge in [-0.25, -0.2) is 0 Å². The summed E-state index contributed by atoms with van der Waals surface area (Å²) in [4.78, 5) is 9.78. The monoisotopic (exact) mass is 383 g/mol. The zero-order valence-electron chi connectivity index (χ0n) is 17.5. The summed E-state index contributed by atoms with van der Waals surface area (Å²) in [5, 5.41) is 6.79. The first-order valence-electron chi connectivity index (χ1n) is 11.0. The molecule has 0 aromatic heterocycles. The van der Waals surface area contributed by atoms with Gasteiger partial charge < -0.3 is 29.9 Å². The second-order valence-corrected chi connectivity index (χ2v) is 7.38. The van der Waals surface area contributed by atoms with Crippen LogP contribution >= 0.6 is 0 Å². The quantitative estimate of drug-likeness (QED) is 0.300. The van der Waals surface area contributed by atoms with E-state index in [0.717, 1.165) is 58.3 Å². The highest BCUT2D eigenvalue weighted by atomic mass is 16.5. The third-order valence-corrected chi connectivity index (χ3v) is 5.26. The number of hydrogen-bond donors (Lipinski definition) is 2. The third kappa shape index (κ3) is 9.74. The molecule has 2 rings (SSSR count). The van der Waals surface area contributed by atoms with Gasteiger partial charge in [-0.3, -0.25) is 4.99 Å². The van der Waals surface area contributed by atoms with Gasteiger partial charge >= 0.3 is 0 Å². The maximum absolute atomic E-state index is 5.79. The van der Waals surface area contributed by atoms with Gasteiger partial charge in [0.15, 0.2) is 5.96 Å². The number of hydrogen-bond acceptors (Lipinski definition) is 5. The van der Waals surface area contributed by atoms with E-state index in [4.69, 9.17) is 9.47 Å². The van der Waals surface area contributed by atoms with Gasteiger partial charge in [0, 0.05) is 59.0 Å². The molecule has 2 aliphatic heterocycles. The number of piperazine rings is 1. The molecule has 0 saturated carbocycles. The number of unbranched alkanes of at least 4 members (excludes halogenated alkanes) is 1. The van der Waals surface area contributed by atoms with Crippen molar-refractivity contribution in [2.45, 2.75) is 45.6 Å². The number of nitrogens with zero attached hydrogens (tertiary/aromatic N) is 3. The summed E-state index contributed by atoms with van der Waals surface area (Å²) >= 11 is 0. The Morgan fingerprint density at radius 1 is 1.07 bits per heavy atom. The van der Waals surface area contributed by atoms with Crippen LogP contribution in [-0.4, -0.2) is 101 Å². The molecule has 0 bridgehead atoms. The van der Waals surface area contributed by atoms with Crippen molar-refractivity contribution in [2.75, 3.05) is 78.7 Å². The van der Waals surface area contributed by atoms with E-state index in [0.29, 0.717) is 6.10 Å². The van der Waals surface area contributed by atoms with E-state index in [-0.39, 0.29) is 0 Å². The molecule has 2 heterocycles. The van der Waals surface area contributed by atoms with Crippen LogP contribution < -0.4 is 10.6 Å². The Hall–Kier alpha value is -0.890. The van der Waals surface area contributed by atoms with Crippen LogP contribution in [0.1, 0.15) is 39.5 Å². The lowest BCUT2D eigenvalue weighted by molar-refractivity contribution is 0.0424. The van der Waals surface area contributed by atoms with Crippen LogP contribution in [0.2, 0.25) is 0 Å². The molecule has 2 saturated heterocycles. The molecule has 2 aliphatic rings. The van der Waals surface area contributed by atoms with E-state index < -0.39 is 0 Å². The van der Waals surface area contributed by atoms with Gasteiger partial charge in [-0.05, 0) is 45.7 Å². The Labute approximate surface area is 165 Å². The van der Waals surface area contributed by atoms with Crippen molar-refractivity contribution in [1.82, 2.24) is 20.4 Å². The highest BCUT2D eigenvalue weighted by Crippen LogP contribution is 2.08. The minimum Gasteiger partial charge on any atom is -0.379 e. The van der Waals surface area contributed by atoms with Crippen molar-refractivity contribution in [2.24, 2.45) is 4.99 Å². The maximum Gasteiger partial charge on any atom is 0.191 e. The number of aliphatic imine (C=N–C) groups is 1. The minimum atomic E-state index is 0.297. The molecule has 158 valence electrons. The average molecular weight is 384 g/mol. The summed E-state index contributed by atoms with van der Waals surface area (Å²) in [7, 11) is 0. The van der Waals surface area contributed by atoms with Crippen molar-refractivity contribution in [3.05, 3.63) is 0 Å². The fraction of sp³-hybridized carbons (Fsp3) is 0.950. The van der Waals surface area contributed by atoms with Gasteiger partial charge in [0.05, 0.1) is 12.7 Å². The number of likely N-dealkylation sites (N-methyl/N-ethyl adjacent to an activating group) is 1. The first-order valence-corrected chi connectivity index (χ1v) is 11.0. The van der Waals surface area contributed by atoms with Crippen LogP contribution in [0.3, 0.4) is 0 Å². The summed E-state index contributed by atoms with van der Waals surface area (Å²) in [6.45, 7) is 16.7. The standard InChI is InChI=1S/C20H41N5O2/c1-3-21-20(23-10-7-16-27-19-8-17-26-18-19)22-9-5-6-11-25-14-12-24(4-2)13-15-25/h19H,3-18H2,1-2H3,(H2,21,22,23). The maximum atomic E-state index is 5.79. The fourth-order valence-corrected chi connectivity index (χ4v) is 3.49. The largest absolute Gasteiger partial charge is 0.379 e. The van der Waals surface area contributed by atoms with Gasteiger partial charge in [0.2, 0.25) is 0 Å². The molecule has 0 amide bonds. The van der Waals surface area contributed by atoms with Crippen LogP contribution in [-0.2, 0) is 9.47 Å². The molecule has 0 aromatic carbocycles. The summed E-state index contributed by atoms with van der Waals surface area (Å²) < 4.78 is 11.1. The topological polar surface area (TPSA) is 61.4 Å². The molecular weight excluding hydrogens is 342 g/mol. The smallest absolute Gasteiger partial charge is 0.191 e. The third-order valence-electron chi connectivity index (χ3n) is 5.26. The Bertz CT molecular complexity index is 394. The van der Waals surface area contributed by atoms with Crippen molar-refractivity contribution in [3.8, 4) is 0 Å². The Balaban J connectivity index is 1.49. The summed E-state index contributed by atoms with van der Waals surface area (Å²) in [6.07, 6.45) is 4.71. The summed E-state index contributed by atoms with van der Waals surface area (Å²) in [6, 6.07) is 0. The van der Waals surface area contributed by atoms with E-state index >= 15 is 0 Å². The molecule has 0 spiro atoms. The van der Waals surface area contributed by atoms with Crippen LogP contribution in [0.15, 0.2) is 4.99 Å². The van der Waals surface area contributed by atoms with E-state index in [1.54, 1.807) is 0 Å². The van der Waals surface area contributed by atoms with Crippen molar-refractivity contribution in [3.63, 3.8) is 0 Å². The second-order valence-electron chi connectivity index (χ2n) is 7.38. The van der Waals surface area contributed by atoms with Gasteiger partial charge in [-0.1, -0.05) is 6.92 Å². The van der Waals surface area contributed by atoms with Gasteiger partial charge in [-0.2, -0.15) is 0 Å². The van der Waals surface area contributed by atoms with E-state index in [2.05, 4.69) is 39.3 Å². The molecule has 2 fully saturated rings. The predicted octanol–water partition coefficient (Wildman–Crippen LogP) is 1.15.